The highest BCUT2D eigenvalue weighted by molar-refractivity contribution is 7.15. The summed E-state index contributed by atoms with van der Waals surface area (Å²) in [5.74, 6) is 1.90. The van der Waals surface area contributed by atoms with Crippen LogP contribution in [0.4, 0.5) is 16.8 Å². The van der Waals surface area contributed by atoms with Crippen LogP contribution in [0.1, 0.15) is 30.7 Å². The third-order valence-corrected chi connectivity index (χ3v) is 4.50. The van der Waals surface area contributed by atoms with Gasteiger partial charge >= 0.3 is 0 Å². The number of aromatic nitrogens is 4. The Labute approximate surface area is 134 Å². The summed E-state index contributed by atoms with van der Waals surface area (Å²) in [6.07, 6.45) is 7.31. The van der Waals surface area contributed by atoms with Gasteiger partial charge in [-0.25, -0.2) is 9.97 Å². The molecule has 1 aliphatic rings. The van der Waals surface area contributed by atoms with Gasteiger partial charge in [-0.2, -0.15) is 0 Å². The van der Waals surface area contributed by atoms with E-state index in [0.717, 1.165) is 49.1 Å². The zero-order chi connectivity index (χ0) is 15.2. The topological polar surface area (TPSA) is 92.8 Å². The van der Waals surface area contributed by atoms with Crippen LogP contribution in [-0.4, -0.2) is 39.8 Å². The molecule has 7 nitrogen and oxygen atoms in total. The van der Waals surface area contributed by atoms with E-state index in [9.17, 15) is 0 Å². The lowest BCUT2D eigenvalue weighted by Crippen LogP contribution is -2.30. The Kier molecular flexibility index (Phi) is 4.99. The molecule has 1 fully saturated rings. The minimum Gasteiger partial charge on any atom is -0.374 e. The van der Waals surface area contributed by atoms with Crippen LogP contribution >= 0.6 is 11.3 Å². The van der Waals surface area contributed by atoms with E-state index in [0.29, 0.717) is 5.13 Å². The predicted molar refractivity (Wildman–Crippen MR) is 89.2 cm³/mol. The first kappa shape index (κ1) is 15.0. The number of hydrogen-bond acceptors (Lipinski definition) is 8. The molecule has 1 saturated heterocycles. The minimum atomic E-state index is 0.532. The van der Waals surface area contributed by atoms with Gasteiger partial charge in [-0.05, 0) is 25.7 Å². The third-order valence-electron chi connectivity index (χ3n) is 3.69. The maximum absolute atomic E-state index is 5.57. The molecule has 0 unspecified atom stereocenters. The number of anilines is 3. The summed E-state index contributed by atoms with van der Waals surface area (Å²) >= 11 is 1.45. The molecule has 2 aromatic rings. The molecule has 0 aliphatic carbocycles. The Bertz CT molecular complexity index is 594. The van der Waals surface area contributed by atoms with Gasteiger partial charge < -0.3 is 16.0 Å². The van der Waals surface area contributed by atoms with Crippen molar-refractivity contribution in [1.29, 1.82) is 0 Å². The Balaban J connectivity index is 1.47. The number of rotatable bonds is 6. The van der Waals surface area contributed by atoms with Gasteiger partial charge in [-0.1, -0.05) is 11.3 Å². The van der Waals surface area contributed by atoms with Gasteiger partial charge in [0.2, 0.25) is 5.13 Å². The number of aryl methyl sites for hydroxylation is 1. The molecule has 3 heterocycles. The first-order chi connectivity index (χ1) is 10.8. The van der Waals surface area contributed by atoms with Crippen molar-refractivity contribution in [2.75, 3.05) is 35.6 Å². The molecule has 8 heteroatoms. The van der Waals surface area contributed by atoms with Crippen molar-refractivity contribution in [3.63, 3.8) is 0 Å². The summed E-state index contributed by atoms with van der Waals surface area (Å²) in [7, 11) is 0. The van der Waals surface area contributed by atoms with Gasteiger partial charge in [0.15, 0.2) is 0 Å². The van der Waals surface area contributed by atoms with Crippen molar-refractivity contribution in [3.05, 3.63) is 17.4 Å². The largest absolute Gasteiger partial charge is 0.374 e. The second-order valence-electron chi connectivity index (χ2n) is 5.37. The maximum Gasteiger partial charge on any atom is 0.203 e. The van der Waals surface area contributed by atoms with Crippen LogP contribution < -0.4 is 16.0 Å². The zero-order valence-electron chi connectivity index (χ0n) is 12.5. The molecule has 0 spiro atoms. The predicted octanol–water partition coefficient (Wildman–Crippen LogP) is 1.95. The fraction of sp³-hybridized carbons (Fsp3) is 0.571. The molecule has 118 valence electrons. The standard InChI is InChI=1S/C14H21N7S/c15-14-20-19-13(22-14)5-4-6-16-11-9-12(18-10-17-11)21-7-2-1-3-8-21/h9-10H,1-8H2,(H2,15,20)(H,16,17,18). The van der Waals surface area contributed by atoms with Gasteiger partial charge in [0.1, 0.15) is 23.0 Å². The lowest BCUT2D eigenvalue weighted by Gasteiger charge is -2.27. The summed E-state index contributed by atoms with van der Waals surface area (Å²) in [5.41, 5.74) is 5.57. The number of nitrogens with zero attached hydrogens (tertiary/aromatic N) is 5. The van der Waals surface area contributed by atoms with Gasteiger partial charge in [-0.3, -0.25) is 0 Å². The van der Waals surface area contributed by atoms with Gasteiger partial charge in [-0.15, -0.1) is 10.2 Å². The lowest BCUT2D eigenvalue weighted by molar-refractivity contribution is 0.573. The monoisotopic (exact) mass is 319 g/mol. The van der Waals surface area contributed by atoms with E-state index in [1.54, 1.807) is 6.33 Å². The van der Waals surface area contributed by atoms with Gasteiger partial charge in [0.25, 0.3) is 0 Å². The summed E-state index contributed by atoms with van der Waals surface area (Å²) in [6, 6.07) is 2.04. The van der Waals surface area contributed by atoms with Crippen LogP contribution in [0.25, 0.3) is 0 Å². The van der Waals surface area contributed by atoms with Crippen LogP contribution in [0.2, 0.25) is 0 Å². The Morgan fingerprint density at radius 3 is 2.82 bits per heavy atom. The van der Waals surface area contributed by atoms with Crippen LogP contribution in [0.3, 0.4) is 0 Å². The number of piperidine rings is 1. The molecule has 2 aromatic heterocycles. The molecule has 3 N–H and O–H groups in total. The van der Waals surface area contributed by atoms with E-state index in [1.165, 1.54) is 30.6 Å². The average molecular weight is 319 g/mol. The summed E-state index contributed by atoms with van der Waals surface area (Å²) in [4.78, 5) is 11.0. The van der Waals surface area contributed by atoms with Crippen molar-refractivity contribution in [2.24, 2.45) is 0 Å². The van der Waals surface area contributed by atoms with Crippen LogP contribution in [0.15, 0.2) is 12.4 Å². The number of nitrogen functional groups attached to an aromatic ring is 1. The van der Waals surface area contributed by atoms with Crippen molar-refractivity contribution in [2.45, 2.75) is 32.1 Å². The highest BCUT2D eigenvalue weighted by Crippen LogP contribution is 2.19. The molecule has 0 bridgehead atoms. The van der Waals surface area contributed by atoms with E-state index < -0.39 is 0 Å². The van der Waals surface area contributed by atoms with E-state index >= 15 is 0 Å². The quantitative estimate of drug-likeness (QED) is 0.786. The Morgan fingerprint density at radius 1 is 1.18 bits per heavy atom. The minimum absolute atomic E-state index is 0.532. The highest BCUT2D eigenvalue weighted by Gasteiger charge is 2.12. The van der Waals surface area contributed by atoms with Crippen molar-refractivity contribution in [3.8, 4) is 0 Å². The second kappa shape index (κ2) is 7.35. The average Bonchev–Trinajstić information content (AvgIpc) is 2.98. The van der Waals surface area contributed by atoms with E-state index in [1.807, 2.05) is 6.07 Å². The van der Waals surface area contributed by atoms with Crippen LogP contribution in [0.5, 0.6) is 0 Å². The molecule has 0 saturated carbocycles. The number of nitrogens with one attached hydrogen (secondary N) is 1. The van der Waals surface area contributed by atoms with Gasteiger partial charge in [0, 0.05) is 32.1 Å². The van der Waals surface area contributed by atoms with Crippen molar-refractivity contribution >= 4 is 28.1 Å². The summed E-state index contributed by atoms with van der Waals surface area (Å²) < 4.78 is 0. The normalized spacial score (nSPS) is 15.0. The molecular formula is C14H21N7S. The van der Waals surface area contributed by atoms with Crippen LogP contribution in [-0.2, 0) is 6.42 Å². The molecule has 0 radical (unpaired) electrons. The van der Waals surface area contributed by atoms with Gasteiger partial charge in [0.05, 0.1) is 0 Å². The SMILES string of the molecule is Nc1nnc(CCCNc2cc(N3CCCCC3)ncn2)s1. The maximum atomic E-state index is 5.57. The lowest BCUT2D eigenvalue weighted by atomic mass is 10.1. The molecular weight excluding hydrogens is 298 g/mol. The highest BCUT2D eigenvalue weighted by atomic mass is 32.1. The molecule has 1 aliphatic heterocycles. The smallest absolute Gasteiger partial charge is 0.203 e. The first-order valence-electron chi connectivity index (χ1n) is 7.70. The molecule has 22 heavy (non-hydrogen) atoms. The molecule has 3 rings (SSSR count). The summed E-state index contributed by atoms with van der Waals surface area (Å²) in [6.45, 7) is 3.03. The molecule has 0 amide bonds. The third kappa shape index (κ3) is 4.03. The van der Waals surface area contributed by atoms with Crippen LogP contribution in [0, 0.1) is 0 Å². The van der Waals surface area contributed by atoms with E-state index in [4.69, 9.17) is 5.73 Å². The zero-order valence-corrected chi connectivity index (χ0v) is 13.3. The van der Waals surface area contributed by atoms with Crippen molar-refractivity contribution in [1.82, 2.24) is 20.2 Å². The first-order valence-corrected chi connectivity index (χ1v) is 8.51. The molecule has 0 aromatic carbocycles. The number of nitrogens with two attached hydrogens (primary N) is 1. The number of hydrogen-bond donors (Lipinski definition) is 2. The summed E-state index contributed by atoms with van der Waals surface area (Å²) in [5, 5.41) is 12.7. The van der Waals surface area contributed by atoms with Crippen molar-refractivity contribution < 1.29 is 0 Å². The Morgan fingerprint density at radius 2 is 2.05 bits per heavy atom. The van der Waals surface area contributed by atoms with E-state index in [-0.39, 0.29) is 0 Å². The van der Waals surface area contributed by atoms with E-state index in [2.05, 4.69) is 30.4 Å². The fourth-order valence-corrected chi connectivity index (χ4v) is 3.21. The fourth-order valence-electron chi connectivity index (χ4n) is 2.56. The second-order valence-corrected chi connectivity index (χ2v) is 6.47. The molecule has 0 atom stereocenters. The Hall–Kier alpha value is -1.96.